The van der Waals surface area contributed by atoms with Crippen LogP contribution in [-0.4, -0.2) is 37.9 Å². The zero-order chi connectivity index (χ0) is 10.6. The fraction of sp³-hybridized carbons (Fsp3) is 0.455. The predicted octanol–water partition coefficient (Wildman–Crippen LogP) is -0.929. The largest absolute Gasteiger partial charge is 1.00 e. The minimum atomic E-state index is 0. The van der Waals surface area contributed by atoms with Crippen LogP contribution in [0.4, 0.5) is 5.69 Å². The molecule has 1 aromatic rings. The number of hydrogen-bond acceptors (Lipinski definition) is 2. The number of nitrogens with zero attached hydrogens (tertiary/aromatic N) is 1. The molecule has 0 heterocycles. The van der Waals surface area contributed by atoms with Crippen molar-refractivity contribution in [3.05, 3.63) is 24.3 Å². The molecule has 86 valence electrons. The van der Waals surface area contributed by atoms with Gasteiger partial charge < -0.3 is 22.6 Å². The molecule has 0 saturated heterocycles. The summed E-state index contributed by atoms with van der Waals surface area (Å²) in [6.45, 7) is 1.18. The molecule has 0 radical (unpaired) electrons. The predicted molar refractivity (Wildman–Crippen MR) is 64.5 cm³/mol. The normalized spacial score (nSPS) is 10.9. The molecule has 4 heteroatoms. The molecule has 0 aliphatic heterocycles. The second-order valence-corrected chi connectivity index (χ2v) is 5.60. The van der Waals surface area contributed by atoms with Gasteiger partial charge in [-0.3, -0.25) is 0 Å². The molecule has 0 spiro atoms. The Morgan fingerprint density at radius 2 is 1.67 bits per heavy atom. The molecule has 0 fully saturated rings. The van der Waals surface area contributed by atoms with Gasteiger partial charge in [0, 0.05) is 16.3 Å². The van der Waals surface area contributed by atoms with E-state index in [2.05, 4.69) is 33.3 Å². The highest BCUT2D eigenvalue weighted by molar-refractivity contribution is 7.99. The molecule has 2 nitrogen and oxygen atoms in total. The number of anilines is 1. The van der Waals surface area contributed by atoms with E-state index in [1.54, 1.807) is 0 Å². The van der Waals surface area contributed by atoms with Crippen molar-refractivity contribution in [1.29, 1.82) is 0 Å². The molecule has 0 unspecified atom stereocenters. The maximum absolute atomic E-state index is 5.61. The van der Waals surface area contributed by atoms with Crippen LogP contribution in [-0.2, 0) is 0 Å². The van der Waals surface area contributed by atoms with E-state index >= 15 is 0 Å². The van der Waals surface area contributed by atoms with Gasteiger partial charge in [-0.1, -0.05) is 0 Å². The van der Waals surface area contributed by atoms with Gasteiger partial charge in [0.1, 0.15) is 0 Å². The van der Waals surface area contributed by atoms with Crippen LogP contribution in [0.25, 0.3) is 0 Å². The van der Waals surface area contributed by atoms with Crippen LogP contribution >= 0.6 is 11.8 Å². The van der Waals surface area contributed by atoms with Gasteiger partial charge in [0.15, 0.2) is 0 Å². The molecular formula is C11H19ClN2S. The standard InChI is InChI=1S/C11H19N2S.ClH/c1-13(2,3)8-9-14-11-6-4-10(12)5-7-11;/h4-7H,8-9,12H2,1-3H3;1H/q+1;/p-1. The summed E-state index contributed by atoms with van der Waals surface area (Å²) in [6.07, 6.45) is 0. The molecule has 2 N–H and O–H groups in total. The summed E-state index contributed by atoms with van der Waals surface area (Å²) in [5.41, 5.74) is 6.45. The van der Waals surface area contributed by atoms with Crippen molar-refractivity contribution >= 4 is 17.4 Å². The number of benzene rings is 1. The number of halogens is 1. The first kappa shape index (κ1) is 14.6. The van der Waals surface area contributed by atoms with Crippen LogP contribution in [0.3, 0.4) is 0 Å². The monoisotopic (exact) mass is 246 g/mol. The Morgan fingerprint density at radius 1 is 1.13 bits per heavy atom. The molecule has 0 aliphatic carbocycles. The fourth-order valence-electron chi connectivity index (χ4n) is 1.00. The lowest BCUT2D eigenvalue weighted by Crippen LogP contribution is -3.00. The third-order valence-electron chi connectivity index (χ3n) is 1.91. The van der Waals surface area contributed by atoms with Crippen LogP contribution in [0.5, 0.6) is 0 Å². The highest BCUT2D eigenvalue weighted by Crippen LogP contribution is 2.19. The Balaban J connectivity index is 0.00000196. The SMILES string of the molecule is C[N+](C)(C)CCSc1ccc(N)cc1.[Cl-]. The molecule has 1 rings (SSSR count). The van der Waals surface area contributed by atoms with Crippen molar-refractivity contribution in [2.75, 3.05) is 39.2 Å². The lowest BCUT2D eigenvalue weighted by molar-refractivity contribution is -0.867. The van der Waals surface area contributed by atoms with Crippen LogP contribution in [0.15, 0.2) is 29.2 Å². The Morgan fingerprint density at radius 3 is 2.13 bits per heavy atom. The van der Waals surface area contributed by atoms with E-state index in [1.807, 2.05) is 23.9 Å². The molecule has 0 atom stereocenters. The van der Waals surface area contributed by atoms with Gasteiger partial charge in [0.05, 0.1) is 27.7 Å². The van der Waals surface area contributed by atoms with Gasteiger partial charge in [-0.25, -0.2) is 0 Å². The first-order valence-electron chi connectivity index (χ1n) is 4.76. The highest BCUT2D eigenvalue weighted by Gasteiger charge is 2.05. The average molecular weight is 247 g/mol. The summed E-state index contributed by atoms with van der Waals surface area (Å²) in [7, 11) is 6.64. The molecule has 0 amide bonds. The summed E-state index contributed by atoms with van der Waals surface area (Å²) < 4.78 is 1.02. The minimum Gasteiger partial charge on any atom is -1.00 e. The highest BCUT2D eigenvalue weighted by atomic mass is 35.5. The Hall–Kier alpha value is -0.380. The summed E-state index contributed by atoms with van der Waals surface area (Å²) in [5, 5.41) is 0. The van der Waals surface area contributed by atoms with Crippen molar-refractivity contribution in [2.24, 2.45) is 0 Å². The molecule has 0 aliphatic rings. The van der Waals surface area contributed by atoms with Crippen molar-refractivity contribution in [1.82, 2.24) is 0 Å². The summed E-state index contributed by atoms with van der Waals surface area (Å²) in [6, 6.07) is 8.06. The fourth-order valence-corrected chi connectivity index (χ4v) is 2.20. The van der Waals surface area contributed by atoms with Gasteiger partial charge in [-0.15, -0.1) is 11.8 Å². The van der Waals surface area contributed by atoms with Crippen LogP contribution in [0.1, 0.15) is 0 Å². The molecule has 15 heavy (non-hydrogen) atoms. The lowest BCUT2D eigenvalue weighted by Gasteiger charge is -2.23. The third kappa shape index (κ3) is 6.66. The van der Waals surface area contributed by atoms with Crippen LogP contribution in [0, 0.1) is 0 Å². The van der Waals surface area contributed by atoms with Gasteiger partial charge in [-0.05, 0) is 24.3 Å². The zero-order valence-electron chi connectivity index (χ0n) is 9.53. The quantitative estimate of drug-likeness (QED) is 0.422. The van der Waals surface area contributed by atoms with E-state index in [9.17, 15) is 0 Å². The molecule has 0 saturated carbocycles. The number of nitrogen functional groups attached to an aromatic ring is 1. The third-order valence-corrected chi connectivity index (χ3v) is 2.90. The molecule has 0 bridgehead atoms. The van der Waals surface area contributed by atoms with E-state index in [0.717, 1.165) is 15.9 Å². The van der Waals surface area contributed by atoms with E-state index < -0.39 is 0 Å². The van der Waals surface area contributed by atoms with Gasteiger partial charge in [-0.2, -0.15) is 0 Å². The van der Waals surface area contributed by atoms with E-state index in [4.69, 9.17) is 5.73 Å². The molecule has 0 aromatic heterocycles. The second-order valence-electron chi connectivity index (χ2n) is 4.43. The summed E-state index contributed by atoms with van der Waals surface area (Å²) >= 11 is 1.88. The Bertz CT molecular complexity index is 280. The number of nitrogens with two attached hydrogens (primary N) is 1. The number of rotatable bonds is 4. The van der Waals surface area contributed by atoms with Crippen molar-refractivity contribution in [2.45, 2.75) is 4.90 Å². The van der Waals surface area contributed by atoms with Crippen LogP contribution < -0.4 is 18.1 Å². The maximum atomic E-state index is 5.61. The smallest absolute Gasteiger partial charge is 0.0875 e. The van der Waals surface area contributed by atoms with Crippen molar-refractivity contribution in [3.63, 3.8) is 0 Å². The van der Waals surface area contributed by atoms with Crippen molar-refractivity contribution in [3.8, 4) is 0 Å². The van der Waals surface area contributed by atoms with E-state index in [-0.39, 0.29) is 12.4 Å². The average Bonchev–Trinajstić information content (AvgIpc) is 2.06. The Labute approximate surface area is 103 Å². The second kappa shape index (κ2) is 6.26. The number of quaternary nitrogens is 1. The van der Waals surface area contributed by atoms with Gasteiger partial charge >= 0.3 is 0 Å². The number of hydrogen-bond donors (Lipinski definition) is 1. The minimum absolute atomic E-state index is 0. The molecular weight excluding hydrogens is 228 g/mol. The van der Waals surface area contributed by atoms with Gasteiger partial charge in [0.2, 0.25) is 0 Å². The first-order valence-corrected chi connectivity index (χ1v) is 5.75. The van der Waals surface area contributed by atoms with E-state index in [0.29, 0.717) is 0 Å². The van der Waals surface area contributed by atoms with Crippen molar-refractivity contribution < 1.29 is 16.9 Å². The summed E-state index contributed by atoms with van der Waals surface area (Å²) in [5.74, 6) is 1.15. The Kier molecular flexibility index (Phi) is 6.10. The summed E-state index contributed by atoms with van der Waals surface area (Å²) in [4.78, 5) is 1.30. The zero-order valence-corrected chi connectivity index (χ0v) is 11.1. The molecule has 1 aromatic carbocycles. The van der Waals surface area contributed by atoms with Crippen LogP contribution in [0.2, 0.25) is 0 Å². The van der Waals surface area contributed by atoms with Gasteiger partial charge in [0.25, 0.3) is 0 Å². The topological polar surface area (TPSA) is 26.0 Å². The number of thioether (sulfide) groups is 1. The first-order chi connectivity index (χ1) is 6.47. The lowest BCUT2D eigenvalue weighted by atomic mass is 10.3. The van der Waals surface area contributed by atoms with E-state index in [1.165, 1.54) is 11.4 Å². The maximum Gasteiger partial charge on any atom is 0.0875 e.